The minimum absolute atomic E-state index is 0.255. The van der Waals surface area contributed by atoms with Crippen LogP contribution in [0.3, 0.4) is 0 Å². The molecule has 2 aromatic rings. The van der Waals surface area contributed by atoms with Crippen LogP contribution in [-0.2, 0) is 0 Å². The first kappa shape index (κ1) is 13.0. The number of aromatic nitrogens is 1. The molecule has 0 aliphatic heterocycles. The highest BCUT2D eigenvalue weighted by molar-refractivity contribution is 6.04. The quantitative estimate of drug-likeness (QED) is 0.581. The van der Waals surface area contributed by atoms with Crippen LogP contribution in [0.2, 0.25) is 0 Å². The second kappa shape index (κ2) is 5.49. The number of rotatable bonds is 3. The van der Waals surface area contributed by atoms with Gasteiger partial charge in [0.05, 0.1) is 5.69 Å². The van der Waals surface area contributed by atoms with Gasteiger partial charge in [0.1, 0.15) is 5.69 Å². The van der Waals surface area contributed by atoms with Gasteiger partial charge in [-0.2, -0.15) is 0 Å². The van der Waals surface area contributed by atoms with E-state index in [0.717, 1.165) is 16.8 Å². The maximum atomic E-state index is 12.1. The number of anilines is 2. The van der Waals surface area contributed by atoms with Crippen LogP contribution < -0.4 is 16.6 Å². The molecule has 0 radical (unpaired) electrons. The first-order chi connectivity index (χ1) is 9.11. The fourth-order valence-electron chi connectivity index (χ4n) is 1.83. The SMILES string of the molecule is Cc1cccc(C)c1NC(=O)c1cc(NN)ccn1. The Morgan fingerprint density at radius 3 is 2.53 bits per heavy atom. The molecular formula is C14H16N4O. The maximum absolute atomic E-state index is 12.1. The number of hydrazine groups is 1. The molecule has 2 rings (SSSR count). The smallest absolute Gasteiger partial charge is 0.274 e. The number of hydrogen-bond acceptors (Lipinski definition) is 4. The van der Waals surface area contributed by atoms with Crippen molar-refractivity contribution in [2.75, 3.05) is 10.7 Å². The number of benzene rings is 1. The molecule has 1 aromatic heterocycles. The lowest BCUT2D eigenvalue weighted by Gasteiger charge is -2.11. The number of para-hydroxylation sites is 1. The van der Waals surface area contributed by atoms with Crippen LogP contribution in [0.4, 0.5) is 11.4 Å². The van der Waals surface area contributed by atoms with Gasteiger partial charge in [0, 0.05) is 11.9 Å². The number of carbonyl (C=O) groups excluding carboxylic acids is 1. The van der Waals surface area contributed by atoms with Crippen molar-refractivity contribution in [3.05, 3.63) is 53.3 Å². The number of nitrogens with zero attached hydrogens (tertiary/aromatic N) is 1. The third kappa shape index (κ3) is 2.89. The third-order valence-electron chi connectivity index (χ3n) is 2.88. The van der Waals surface area contributed by atoms with Gasteiger partial charge >= 0.3 is 0 Å². The summed E-state index contributed by atoms with van der Waals surface area (Å²) in [5, 5.41) is 2.88. The molecule has 4 N–H and O–H groups in total. The molecule has 0 bridgehead atoms. The Morgan fingerprint density at radius 1 is 1.21 bits per heavy atom. The highest BCUT2D eigenvalue weighted by atomic mass is 16.1. The molecule has 0 saturated heterocycles. The fraction of sp³-hybridized carbons (Fsp3) is 0.143. The second-order valence-corrected chi connectivity index (χ2v) is 4.30. The van der Waals surface area contributed by atoms with Crippen molar-refractivity contribution in [3.63, 3.8) is 0 Å². The van der Waals surface area contributed by atoms with Crippen LogP contribution in [-0.4, -0.2) is 10.9 Å². The molecule has 1 aromatic carbocycles. The van der Waals surface area contributed by atoms with Crippen molar-refractivity contribution in [2.45, 2.75) is 13.8 Å². The van der Waals surface area contributed by atoms with Crippen LogP contribution in [0.25, 0.3) is 0 Å². The highest BCUT2D eigenvalue weighted by Crippen LogP contribution is 2.20. The standard InChI is InChI=1S/C14H16N4O/c1-9-4-3-5-10(2)13(9)17-14(19)12-8-11(18-15)6-7-16-12/h3-8H,15H2,1-2H3,(H,16,18)(H,17,19). The molecule has 0 aliphatic rings. The predicted octanol–water partition coefficient (Wildman–Crippen LogP) is 2.24. The lowest BCUT2D eigenvalue weighted by atomic mass is 10.1. The number of hydrogen-bond donors (Lipinski definition) is 3. The first-order valence-corrected chi connectivity index (χ1v) is 5.92. The summed E-state index contributed by atoms with van der Waals surface area (Å²) in [6.45, 7) is 3.90. The van der Waals surface area contributed by atoms with E-state index in [1.165, 1.54) is 6.20 Å². The van der Waals surface area contributed by atoms with Crippen LogP contribution in [0.5, 0.6) is 0 Å². The lowest BCUT2D eigenvalue weighted by molar-refractivity contribution is 0.102. The topological polar surface area (TPSA) is 80.0 Å². The van der Waals surface area contributed by atoms with Crippen molar-refractivity contribution >= 4 is 17.3 Å². The average molecular weight is 256 g/mol. The molecule has 19 heavy (non-hydrogen) atoms. The van der Waals surface area contributed by atoms with E-state index < -0.39 is 0 Å². The Bertz CT molecular complexity index is 590. The highest BCUT2D eigenvalue weighted by Gasteiger charge is 2.11. The van der Waals surface area contributed by atoms with Crippen molar-refractivity contribution < 1.29 is 4.79 Å². The lowest BCUT2D eigenvalue weighted by Crippen LogP contribution is -2.16. The zero-order valence-corrected chi connectivity index (χ0v) is 10.9. The van der Waals surface area contributed by atoms with Crippen molar-refractivity contribution in [3.8, 4) is 0 Å². The van der Waals surface area contributed by atoms with Gasteiger partial charge in [0.25, 0.3) is 5.91 Å². The van der Waals surface area contributed by atoms with E-state index in [0.29, 0.717) is 11.4 Å². The summed E-state index contributed by atoms with van der Waals surface area (Å²) in [6.07, 6.45) is 1.54. The minimum Gasteiger partial charge on any atom is -0.324 e. The van der Waals surface area contributed by atoms with E-state index in [-0.39, 0.29) is 5.91 Å². The van der Waals surface area contributed by atoms with Gasteiger partial charge in [-0.3, -0.25) is 15.6 Å². The normalized spacial score (nSPS) is 10.1. The van der Waals surface area contributed by atoms with E-state index in [2.05, 4.69) is 15.7 Å². The van der Waals surface area contributed by atoms with Gasteiger partial charge in [0.2, 0.25) is 0 Å². The molecule has 1 heterocycles. The maximum Gasteiger partial charge on any atom is 0.274 e. The Labute approximate surface area is 111 Å². The summed E-state index contributed by atoms with van der Waals surface area (Å²) in [7, 11) is 0. The van der Waals surface area contributed by atoms with Crippen LogP contribution in [0.15, 0.2) is 36.5 Å². The van der Waals surface area contributed by atoms with E-state index in [9.17, 15) is 4.79 Å². The van der Waals surface area contributed by atoms with Crippen molar-refractivity contribution in [1.82, 2.24) is 4.98 Å². The summed E-state index contributed by atoms with van der Waals surface area (Å²) in [5.41, 5.74) is 6.30. The van der Waals surface area contributed by atoms with Gasteiger partial charge in [-0.25, -0.2) is 0 Å². The Balaban J connectivity index is 2.25. The van der Waals surface area contributed by atoms with Crippen LogP contribution in [0, 0.1) is 13.8 Å². The molecule has 0 spiro atoms. The number of nitrogens with one attached hydrogen (secondary N) is 2. The minimum atomic E-state index is -0.255. The Hall–Kier alpha value is -2.40. The fourth-order valence-corrected chi connectivity index (χ4v) is 1.83. The Kier molecular flexibility index (Phi) is 3.77. The number of aryl methyl sites for hydroxylation is 2. The van der Waals surface area contributed by atoms with E-state index in [1.807, 2.05) is 32.0 Å². The third-order valence-corrected chi connectivity index (χ3v) is 2.88. The number of amides is 1. The monoisotopic (exact) mass is 256 g/mol. The first-order valence-electron chi connectivity index (χ1n) is 5.92. The van der Waals surface area contributed by atoms with Crippen LogP contribution in [0.1, 0.15) is 21.6 Å². The van der Waals surface area contributed by atoms with E-state index in [1.54, 1.807) is 12.1 Å². The van der Waals surface area contributed by atoms with Crippen molar-refractivity contribution in [2.24, 2.45) is 5.84 Å². The number of pyridine rings is 1. The summed E-state index contributed by atoms with van der Waals surface area (Å²) < 4.78 is 0. The molecule has 0 atom stereocenters. The summed E-state index contributed by atoms with van der Waals surface area (Å²) in [4.78, 5) is 16.2. The van der Waals surface area contributed by atoms with E-state index >= 15 is 0 Å². The molecule has 5 nitrogen and oxygen atoms in total. The van der Waals surface area contributed by atoms with Gasteiger partial charge in [-0.05, 0) is 37.1 Å². The summed E-state index contributed by atoms with van der Waals surface area (Å²) in [6, 6.07) is 9.15. The average Bonchev–Trinajstić information content (AvgIpc) is 2.43. The summed E-state index contributed by atoms with van der Waals surface area (Å²) >= 11 is 0. The second-order valence-electron chi connectivity index (χ2n) is 4.30. The van der Waals surface area contributed by atoms with Gasteiger partial charge < -0.3 is 10.7 Å². The number of nitrogens with two attached hydrogens (primary N) is 1. The van der Waals surface area contributed by atoms with Crippen LogP contribution >= 0.6 is 0 Å². The summed E-state index contributed by atoms with van der Waals surface area (Å²) in [5.74, 6) is 5.06. The zero-order chi connectivity index (χ0) is 13.8. The Morgan fingerprint density at radius 2 is 1.89 bits per heavy atom. The van der Waals surface area contributed by atoms with Gasteiger partial charge in [-0.15, -0.1) is 0 Å². The molecular weight excluding hydrogens is 240 g/mol. The van der Waals surface area contributed by atoms with Gasteiger partial charge in [-0.1, -0.05) is 18.2 Å². The molecule has 1 amide bonds. The molecule has 5 heteroatoms. The molecule has 0 aliphatic carbocycles. The largest absolute Gasteiger partial charge is 0.324 e. The molecule has 0 fully saturated rings. The molecule has 0 saturated carbocycles. The van der Waals surface area contributed by atoms with Crippen molar-refractivity contribution in [1.29, 1.82) is 0 Å². The van der Waals surface area contributed by atoms with E-state index in [4.69, 9.17) is 5.84 Å². The molecule has 0 unspecified atom stereocenters. The number of carbonyl (C=O) groups is 1. The predicted molar refractivity (Wildman–Crippen MR) is 75.9 cm³/mol. The number of nitrogen functional groups attached to an aromatic ring is 1. The van der Waals surface area contributed by atoms with Gasteiger partial charge in [0.15, 0.2) is 0 Å². The molecule has 98 valence electrons. The zero-order valence-electron chi connectivity index (χ0n) is 10.9.